The van der Waals surface area contributed by atoms with Crippen LogP contribution in [0.2, 0.25) is 0 Å². The first-order chi connectivity index (χ1) is 12.3. The number of nitrogens with zero attached hydrogens (tertiary/aromatic N) is 2. The van der Waals surface area contributed by atoms with E-state index in [1.165, 1.54) is 23.0 Å². The summed E-state index contributed by atoms with van der Waals surface area (Å²) in [6, 6.07) is 17.2. The zero-order chi connectivity index (χ0) is 17.1. The lowest BCUT2D eigenvalue weighted by Crippen LogP contribution is -2.37. The molecule has 128 valence electrons. The molecule has 2 heterocycles. The second-order valence-corrected chi connectivity index (χ2v) is 7.02. The molecular formula is C20H19FN2OS. The van der Waals surface area contributed by atoms with E-state index in [4.69, 9.17) is 4.74 Å². The fraction of sp³-hybridized carbons (Fsp3) is 0.250. The molecule has 3 aromatic rings. The predicted molar refractivity (Wildman–Crippen MR) is 97.9 cm³/mol. The molecule has 1 atom stereocenters. The van der Waals surface area contributed by atoms with Gasteiger partial charge in [0.2, 0.25) is 0 Å². The first kappa shape index (κ1) is 16.4. The highest BCUT2D eigenvalue weighted by Crippen LogP contribution is 2.30. The molecule has 1 fully saturated rings. The van der Waals surface area contributed by atoms with Crippen LogP contribution in [0.1, 0.15) is 16.7 Å². The molecule has 1 aliphatic rings. The summed E-state index contributed by atoms with van der Waals surface area (Å²) >= 11 is 1.54. The van der Waals surface area contributed by atoms with Crippen molar-refractivity contribution in [2.24, 2.45) is 0 Å². The zero-order valence-electron chi connectivity index (χ0n) is 13.8. The third-order valence-electron chi connectivity index (χ3n) is 4.35. The number of morpholine rings is 1. The van der Waals surface area contributed by atoms with Crippen LogP contribution in [-0.2, 0) is 11.3 Å². The number of thiazole rings is 1. The van der Waals surface area contributed by atoms with Gasteiger partial charge in [-0.2, -0.15) is 0 Å². The van der Waals surface area contributed by atoms with Crippen molar-refractivity contribution in [2.75, 3.05) is 19.7 Å². The average Bonchev–Trinajstić information content (AvgIpc) is 3.13. The first-order valence-corrected chi connectivity index (χ1v) is 9.26. The van der Waals surface area contributed by atoms with Gasteiger partial charge < -0.3 is 4.74 Å². The van der Waals surface area contributed by atoms with Crippen molar-refractivity contribution in [1.29, 1.82) is 0 Å². The van der Waals surface area contributed by atoms with Crippen LogP contribution in [0.15, 0.2) is 60.0 Å². The van der Waals surface area contributed by atoms with E-state index >= 15 is 0 Å². The number of aromatic nitrogens is 1. The van der Waals surface area contributed by atoms with Gasteiger partial charge in [-0.1, -0.05) is 42.5 Å². The van der Waals surface area contributed by atoms with Gasteiger partial charge >= 0.3 is 0 Å². The van der Waals surface area contributed by atoms with E-state index in [1.54, 1.807) is 12.1 Å². The standard InChI is InChI=1S/C20H19FN2OS/c21-17-9-5-4-8-16(17)18-14-25-20(22-18)19-13-23(10-11-24-19)12-15-6-2-1-3-7-15/h1-9,14,19H,10-13H2/t19-/m1/s1. The Labute approximate surface area is 150 Å². The van der Waals surface area contributed by atoms with Crippen molar-refractivity contribution in [3.8, 4) is 11.3 Å². The van der Waals surface area contributed by atoms with Crippen LogP contribution in [0.3, 0.4) is 0 Å². The molecule has 0 radical (unpaired) electrons. The molecule has 0 saturated carbocycles. The maximum absolute atomic E-state index is 14.0. The summed E-state index contributed by atoms with van der Waals surface area (Å²) in [6.07, 6.45) is -0.0528. The Kier molecular flexibility index (Phi) is 4.88. The summed E-state index contributed by atoms with van der Waals surface area (Å²) in [5.41, 5.74) is 2.53. The van der Waals surface area contributed by atoms with Crippen molar-refractivity contribution in [1.82, 2.24) is 9.88 Å². The van der Waals surface area contributed by atoms with Gasteiger partial charge in [-0.05, 0) is 17.7 Å². The van der Waals surface area contributed by atoms with E-state index in [-0.39, 0.29) is 11.9 Å². The van der Waals surface area contributed by atoms with Gasteiger partial charge in [0, 0.05) is 30.6 Å². The highest BCUT2D eigenvalue weighted by Gasteiger charge is 2.25. The van der Waals surface area contributed by atoms with Crippen LogP contribution in [0, 0.1) is 5.82 Å². The maximum Gasteiger partial charge on any atom is 0.132 e. The molecule has 1 saturated heterocycles. The molecule has 3 nitrogen and oxygen atoms in total. The van der Waals surface area contributed by atoms with Gasteiger partial charge in [-0.15, -0.1) is 11.3 Å². The Hall–Kier alpha value is -2.08. The Balaban J connectivity index is 1.48. The topological polar surface area (TPSA) is 25.4 Å². The number of hydrogen-bond donors (Lipinski definition) is 0. The first-order valence-electron chi connectivity index (χ1n) is 8.38. The Bertz CT molecular complexity index is 836. The minimum atomic E-state index is -0.241. The van der Waals surface area contributed by atoms with Crippen molar-refractivity contribution in [2.45, 2.75) is 12.6 Å². The molecule has 0 amide bonds. The quantitative estimate of drug-likeness (QED) is 0.689. The summed E-state index contributed by atoms with van der Waals surface area (Å²) in [5.74, 6) is -0.241. The summed E-state index contributed by atoms with van der Waals surface area (Å²) in [7, 11) is 0. The van der Waals surface area contributed by atoms with Crippen molar-refractivity contribution >= 4 is 11.3 Å². The lowest BCUT2D eigenvalue weighted by atomic mass is 10.1. The van der Waals surface area contributed by atoms with Gasteiger partial charge in [-0.3, -0.25) is 4.90 Å². The van der Waals surface area contributed by atoms with Gasteiger partial charge in [0.15, 0.2) is 0 Å². The van der Waals surface area contributed by atoms with Gasteiger partial charge in [0.05, 0.1) is 12.3 Å². The number of halogens is 1. The molecule has 0 unspecified atom stereocenters. The number of hydrogen-bond acceptors (Lipinski definition) is 4. The van der Waals surface area contributed by atoms with Crippen LogP contribution < -0.4 is 0 Å². The smallest absolute Gasteiger partial charge is 0.132 e. The molecular weight excluding hydrogens is 335 g/mol. The van der Waals surface area contributed by atoms with Crippen LogP contribution in [0.25, 0.3) is 11.3 Å². The molecule has 0 N–H and O–H groups in total. The lowest BCUT2D eigenvalue weighted by Gasteiger charge is -2.32. The van der Waals surface area contributed by atoms with Crippen molar-refractivity contribution in [3.05, 3.63) is 76.4 Å². The summed E-state index contributed by atoms with van der Waals surface area (Å²) < 4.78 is 19.9. The summed E-state index contributed by atoms with van der Waals surface area (Å²) in [6.45, 7) is 3.31. The normalized spacial score (nSPS) is 18.4. The van der Waals surface area contributed by atoms with E-state index < -0.39 is 0 Å². The van der Waals surface area contributed by atoms with E-state index in [9.17, 15) is 4.39 Å². The van der Waals surface area contributed by atoms with Crippen LogP contribution in [0.4, 0.5) is 4.39 Å². The molecule has 5 heteroatoms. The largest absolute Gasteiger partial charge is 0.368 e. The highest BCUT2D eigenvalue weighted by atomic mass is 32.1. The van der Waals surface area contributed by atoms with Crippen LogP contribution >= 0.6 is 11.3 Å². The molecule has 4 rings (SSSR count). The predicted octanol–water partition coefficient (Wildman–Crippen LogP) is 4.52. The van der Waals surface area contributed by atoms with Gasteiger partial charge in [-0.25, -0.2) is 9.37 Å². The average molecular weight is 354 g/mol. The van der Waals surface area contributed by atoms with E-state index in [0.29, 0.717) is 17.9 Å². The molecule has 2 aromatic carbocycles. The van der Waals surface area contributed by atoms with Gasteiger partial charge in [0.25, 0.3) is 0 Å². The molecule has 0 bridgehead atoms. The van der Waals surface area contributed by atoms with E-state index in [2.05, 4.69) is 34.1 Å². The number of ether oxygens (including phenoxy) is 1. The highest BCUT2D eigenvalue weighted by molar-refractivity contribution is 7.10. The molecule has 0 aliphatic carbocycles. The molecule has 0 spiro atoms. The lowest BCUT2D eigenvalue weighted by molar-refractivity contribution is -0.0329. The fourth-order valence-electron chi connectivity index (χ4n) is 3.07. The van der Waals surface area contributed by atoms with E-state index in [0.717, 1.165) is 24.6 Å². The molecule has 25 heavy (non-hydrogen) atoms. The Morgan fingerprint density at radius 1 is 1.12 bits per heavy atom. The van der Waals surface area contributed by atoms with Crippen molar-refractivity contribution in [3.63, 3.8) is 0 Å². The molecule has 1 aromatic heterocycles. The maximum atomic E-state index is 14.0. The fourth-order valence-corrected chi connectivity index (χ4v) is 3.92. The van der Waals surface area contributed by atoms with Crippen LogP contribution in [-0.4, -0.2) is 29.6 Å². The number of benzene rings is 2. The number of rotatable bonds is 4. The zero-order valence-corrected chi connectivity index (χ0v) is 14.6. The van der Waals surface area contributed by atoms with Crippen molar-refractivity contribution < 1.29 is 9.13 Å². The minimum absolute atomic E-state index is 0.0528. The minimum Gasteiger partial charge on any atom is -0.368 e. The van der Waals surface area contributed by atoms with E-state index in [1.807, 2.05) is 17.5 Å². The SMILES string of the molecule is Fc1ccccc1-c1csc([C@H]2CN(Cc3ccccc3)CCO2)n1. The Morgan fingerprint density at radius 3 is 2.76 bits per heavy atom. The Morgan fingerprint density at radius 2 is 1.92 bits per heavy atom. The second kappa shape index (κ2) is 7.44. The van der Waals surface area contributed by atoms with Crippen LogP contribution in [0.5, 0.6) is 0 Å². The third kappa shape index (κ3) is 3.79. The summed E-state index contributed by atoms with van der Waals surface area (Å²) in [5, 5.41) is 2.82. The van der Waals surface area contributed by atoms with Gasteiger partial charge in [0.1, 0.15) is 16.9 Å². The third-order valence-corrected chi connectivity index (χ3v) is 5.28. The second-order valence-electron chi connectivity index (χ2n) is 6.13. The molecule has 1 aliphatic heterocycles. The summed E-state index contributed by atoms with van der Waals surface area (Å²) in [4.78, 5) is 7.02. The monoisotopic (exact) mass is 354 g/mol.